The number of anilines is 1. The predicted octanol–water partition coefficient (Wildman–Crippen LogP) is 0.316. The second-order valence-electron chi connectivity index (χ2n) is 3.80. The smallest absolute Gasteiger partial charge is 0.325 e. The lowest BCUT2D eigenvalue weighted by molar-refractivity contribution is -0.117. The Balaban J connectivity index is 2.15. The van der Waals surface area contributed by atoms with Crippen molar-refractivity contribution in [2.45, 2.75) is 13.0 Å². The first-order valence-corrected chi connectivity index (χ1v) is 5.29. The van der Waals surface area contributed by atoms with Crippen molar-refractivity contribution in [2.24, 2.45) is 5.73 Å². The van der Waals surface area contributed by atoms with Crippen molar-refractivity contribution in [1.29, 1.82) is 0 Å². The van der Waals surface area contributed by atoms with Crippen LogP contribution in [0.1, 0.15) is 6.92 Å². The third kappa shape index (κ3) is 2.64. The Hall–Kier alpha value is -2.41. The number of aromatic nitrogens is 2. The Morgan fingerprint density at radius 2 is 2.11 bits per heavy atom. The van der Waals surface area contributed by atoms with Crippen molar-refractivity contribution >= 4 is 11.6 Å². The fourth-order valence-electron chi connectivity index (χ4n) is 1.32. The van der Waals surface area contributed by atoms with E-state index in [9.17, 15) is 9.59 Å². The van der Waals surface area contributed by atoms with Crippen LogP contribution >= 0.6 is 0 Å². The van der Waals surface area contributed by atoms with Gasteiger partial charge in [0.15, 0.2) is 5.82 Å². The van der Waals surface area contributed by atoms with E-state index >= 15 is 0 Å². The normalized spacial score (nSPS) is 12.1. The maximum Gasteiger partial charge on any atom is 0.439 e. The Morgan fingerprint density at radius 1 is 1.44 bits per heavy atom. The topological polar surface area (TPSA) is 114 Å². The summed E-state index contributed by atoms with van der Waals surface area (Å²) >= 11 is 0. The van der Waals surface area contributed by atoms with Crippen LogP contribution in [0.15, 0.2) is 33.6 Å². The average Bonchev–Trinajstić information content (AvgIpc) is 2.76. The molecular weight excluding hydrogens is 236 g/mol. The third-order valence-corrected chi connectivity index (χ3v) is 2.28. The van der Waals surface area contributed by atoms with Crippen LogP contribution < -0.4 is 16.8 Å². The van der Waals surface area contributed by atoms with Crippen LogP contribution in [0.25, 0.3) is 11.4 Å². The summed E-state index contributed by atoms with van der Waals surface area (Å²) in [5.41, 5.74) is 6.73. The fourth-order valence-corrected chi connectivity index (χ4v) is 1.32. The van der Waals surface area contributed by atoms with Crippen LogP contribution in [0, 0.1) is 0 Å². The summed E-state index contributed by atoms with van der Waals surface area (Å²) in [7, 11) is 0. The Kier molecular flexibility index (Phi) is 3.24. The van der Waals surface area contributed by atoms with Crippen molar-refractivity contribution in [1.82, 2.24) is 10.1 Å². The number of nitrogens with one attached hydrogen (secondary N) is 2. The van der Waals surface area contributed by atoms with Gasteiger partial charge >= 0.3 is 5.76 Å². The van der Waals surface area contributed by atoms with E-state index in [4.69, 9.17) is 5.73 Å². The van der Waals surface area contributed by atoms with Gasteiger partial charge in [-0.1, -0.05) is 5.16 Å². The van der Waals surface area contributed by atoms with Gasteiger partial charge in [0.2, 0.25) is 5.91 Å². The van der Waals surface area contributed by atoms with E-state index in [0.29, 0.717) is 17.1 Å². The maximum absolute atomic E-state index is 11.4. The number of rotatable bonds is 3. The maximum atomic E-state index is 11.4. The zero-order valence-electron chi connectivity index (χ0n) is 9.64. The summed E-state index contributed by atoms with van der Waals surface area (Å²) in [6.45, 7) is 1.60. The molecule has 7 nitrogen and oxygen atoms in total. The summed E-state index contributed by atoms with van der Waals surface area (Å²) in [5, 5.41) is 6.20. The zero-order valence-corrected chi connectivity index (χ0v) is 9.64. The fraction of sp³-hybridized carbons (Fsp3) is 0.182. The molecule has 0 fully saturated rings. The Bertz CT molecular complexity index is 597. The number of amides is 1. The summed E-state index contributed by atoms with van der Waals surface area (Å²) in [5.74, 6) is -0.540. The number of H-pyrrole nitrogens is 1. The first-order chi connectivity index (χ1) is 8.56. The molecule has 2 aromatic rings. The second kappa shape index (κ2) is 4.84. The molecule has 0 saturated carbocycles. The second-order valence-corrected chi connectivity index (χ2v) is 3.80. The lowest BCUT2D eigenvalue weighted by Gasteiger charge is -2.07. The quantitative estimate of drug-likeness (QED) is 0.723. The van der Waals surface area contributed by atoms with Gasteiger partial charge in [-0.2, -0.15) is 0 Å². The van der Waals surface area contributed by atoms with Gasteiger partial charge in [0, 0.05) is 11.3 Å². The first-order valence-electron chi connectivity index (χ1n) is 5.29. The summed E-state index contributed by atoms with van der Waals surface area (Å²) in [6.07, 6.45) is 0. The number of carbonyl (C=O) groups excluding carboxylic acids is 1. The van der Waals surface area contributed by atoms with Crippen molar-refractivity contribution in [3.63, 3.8) is 0 Å². The molecule has 1 aromatic carbocycles. The van der Waals surface area contributed by atoms with E-state index in [1.165, 1.54) is 0 Å². The van der Waals surface area contributed by atoms with E-state index in [0.717, 1.165) is 0 Å². The van der Waals surface area contributed by atoms with E-state index in [1.54, 1.807) is 31.2 Å². The van der Waals surface area contributed by atoms with Gasteiger partial charge < -0.3 is 11.1 Å². The highest BCUT2D eigenvalue weighted by molar-refractivity contribution is 5.94. The number of nitrogens with two attached hydrogens (primary N) is 1. The van der Waals surface area contributed by atoms with Crippen molar-refractivity contribution < 1.29 is 9.32 Å². The van der Waals surface area contributed by atoms with Crippen molar-refractivity contribution in [3.05, 3.63) is 34.8 Å². The molecule has 94 valence electrons. The Labute approximate surface area is 102 Å². The van der Waals surface area contributed by atoms with Crippen LogP contribution in [0.5, 0.6) is 0 Å². The highest BCUT2D eigenvalue weighted by Crippen LogP contribution is 2.16. The minimum atomic E-state index is -0.612. The van der Waals surface area contributed by atoms with Crippen LogP contribution in [0.2, 0.25) is 0 Å². The first kappa shape index (κ1) is 12.1. The van der Waals surface area contributed by atoms with E-state index in [1.807, 2.05) is 0 Å². The molecule has 0 radical (unpaired) electrons. The molecule has 1 atom stereocenters. The van der Waals surface area contributed by atoms with Gasteiger partial charge in [0.1, 0.15) is 0 Å². The highest BCUT2D eigenvalue weighted by atomic mass is 16.5. The summed E-state index contributed by atoms with van der Waals surface area (Å²) in [6, 6.07) is 6.19. The molecule has 0 saturated heterocycles. The molecule has 1 aromatic heterocycles. The predicted molar refractivity (Wildman–Crippen MR) is 64.8 cm³/mol. The minimum absolute atomic E-state index is 0.266. The molecule has 1 amide bonds. The SMILES string of the molecule is C[C@@H](N)C(=O)Nc1ccc(-c2noc(=O)[nH]2)cc1. The molecule has 0 aliphatic heterocycles. The lowest BCUT2D eigenvalue weighted by atomic mass is 10.2. The summed E-state index contributed by atoms with van der Waals surface area (Å²) in [4.78, 5) is 24.6. The van der Waals surface area contributed by atoms with Gasteiger partial charge in [-0.25, -0.2) is 4.79 Å². The van der Waals surface area contributed by atoms with Gasteiger partial charge in [0.25, 0.3) is 0 Å². The molecule has 2 rings (SSSR count). The number of aromatic amines is 1. The summed E-state index contributed by atoms with van der Waals surface area (Å²) < 4.78 is 4.40. The lowest BCUT2D eigenvalue weighted by Crippen LogP contribution is -2.32. The average molecular weight is 248 g/mol. The zero-order chi connectivity index (χ0) is 13.1. The number of benzene rings is 1. The van der Waals surface area contributed by atoms with Crippen LogP contribution in [-0.2, 0) is 4.79 Å². The number of hydrogen-bond acceptors (Lipinski definition) is 5. The van der Waals surface area contributed by atoms with Crippen molar-refractivity contribution in [3.8, 4) is 11.4 Å². The largest absolute Gasteiger partial charge is 0.439 e. The molecule has 0 bridgehead atoms. The Morgan fingerprint density at radius 3 is 2.61 bits per heavy atom. The van der Waals surface area contributed by atoms with Crippen LogP contribution in [0.4, 0.5) is 5.69 Å². The highest BCUT2D eigenvalue weighted by Gasteiger charge is 2.08. The van der Waals surface area contributed by atoms with Crippen molar-refractivity contribution in [2.75, 3.05) is 5.32 Å². The molecule has 18 heavy (non-hydrogen) atoms. The van der Waals surface area contributed by atoms with Gasteiger partial charge in [-0.3, -0.25) is 14.3 Å². The molecule has 0 aliphatic carbocycles. The minimum Gasteiger partial charge on any atom is -0.325 e. The van der Waals surface area contributed by atoms with E-state index in [2.05, 4.69) is 20.0 Å². The molecule has 7 heteroatoms. The molecule has 0 aliphatic rings. The van der Waals surface area contributed by atoms with Crippen LogP contribution in [0.3, 0.4) is 0 Å². The number of carbonyl (C=O) groups is 1. The van der Waals surface area contributed by atoms with Gasteiger partial charge in [-0.15, -0.1) is 0 Å². The van der Waals surface area contributed by atoms with E-state index in [-0.39, 0.29) is 5.91 Å². The molecule has 4 N–H and O–H groups in total. The number of nitrogens with zero attached hydrogens (tertiary/aromatic N) is 1. The number of hydrogen-bond donors (Lipinski definition) is 3. The van der Waals surface area contributed by atoms with E-state index < -0.39 is 11.8 Å². The van der Waals surface area contributed by atoms with Gasteiger partial charge in [0.05, 0.1) is 6.04 Å². The molecule has 1 heterocycles. The van der Waals surface area contributed by atoms with Crippen LogP contribution in [-0.4, -0.2) is 22.1 Å². The monoisotopic (exact) mass is 248 g/mol. The molecule has 0 spiro atoms. The molecular formula is C11H12N4O3. The van der Waals surface area contributed by atoms with Gasteiger partial charge in [-0.05, 0) is 31.2 Å². The standard InChI is InChI=1S/C11H12N4O3/c1-6(12)10(16)13-8-4-2-7(3-5-8)9-14-11(17)18-15-9/h2-6H,12H2,1H3,(H,13,16)(H,14,15,17)/t6-/m1/s1. The third-order valence-electron chi connectivity index (χ3n) is 2.28. The molecule has 0 unspecified atom stereocenters.